The highest BCUT2D eigenvalue weighted by atomic mass is 19.1. The number of halogens is 2. The van der Waals surface area contributed by atoms with Crippen molar-refractivity contribution in [3.63, 3.8) is 0 Å². The molecule has 17 heavy (non-hydrogen) atoms. The number of hydrogen-bond acceptors (Lipinski definition) is 2. The molecule has 2 rings (SSSR count). The van der Waals surface area contributed by atoms with Crippen LogP contribution in [0.4, 0.5) is 14.6 Å². The minimum atomic E-state index is -0.627. The van der Waals surface area contributed by atoms with Crippen molar-refractivity contribution in [1.29, 1.82) is 0 Å². The van der Waals surface area contributed by atoms with Crippen LogP contribution in [0, 0.1) is 11.6 Å². The van der Waals surface area contributed by atoms with E-state index in [9.17, 15) is 8.78 Å². The molecule has 1 heterocycles. The van der Waals surface area contributed by atoms with E-state index in [1.807, 2.05) is 6.92 Å². The summed E-state index contributed by atoms with van der Waals surface area (Å²) < 4.78 is 28.5. The van der Waals surface area contributed by atoms with Crippen molar-refractivity contribution in [3.05, 3.63) is 35.4 Å². The Labute approximate surface area is 97.9 Å². The number of hydrogen-bond donors (Lipinski definition) is 1. The van der Waals surface area contributed by atoms with E-state index >= 15 is 0 Å². The summed E-state index contributed by atoms with van der Waals surface area (Å²) in [6, 6.07) is 3.93. The Morgan fingerprint density at radius 3 is 2.47 bits per heavy atom. The average Bonchev–Trinajstić information content (AvgIpc) is 2.59. The van der Waals surface area contributed by atoms with Crippen molar-refractivity contribution in [3.8, 4) is 11.3 Å². The zero-order chi connectivity index (χ0) is 12.6. The zero-order valence-corrected chi connectivity index (χ0v) is 9.67. The van der Waals surface area contributed by atoms with Gasteiger partial charge in [-0.15, -0.1) is 0 Å². The van der Waals surface area contributed by atoms with Crippen LogP contribution in [0.5, 0.6) is 0 Å². The van der Waals surface area contributed by atoms with E-state index in [1.54, 1.807) is 13.1 Å². The first-order valence-electron chi connectivity index (χ1n) is 5.30. The van der Waals surface area contributed by atoms with Crippen molar-refractivity contribution in [2.24, 2.45) is 7.05 Å². The molecule has 0 saturated carbocycles. The maximum absolute atomic E-state index is 13.7. The largest absolute Gasteiger partial charge is 0.384 e. The summed E-state index contributed by atoms with van der Waals surface area (Å²) in [5, 5.41) is 4.08. The molecule has 1 aromatic heterocycles. The molecule has 0 saturated heterocycles. The van der Waals surface area contributed by atoms with Gasteiger partial charge in [0.15, 0.2) is 0 Å². The maximum Gasteiger partial charge on any atom is 0.135 e. The molecule has 0 fully saturated rings. The van der Waals surface area contributed by atoms with E-state index in [-0.39, 0.29) is 5.56 Å². The minimum absolute atomic E-state index is 0.274. The summed E-state index contributed by atoms with van der Waals surface area (Å²) in [4.78, 5) is 0. The van der Waals surface area contributed by atoms with E-state index in [0.29, 0.717) is 23.5 Å². The highest BCUT2D eigenvalue weighted by Gasteiger charge is 2.13. The monoisotopic (exact) mass is 237 g/mol. The Morgan fingerprint density at radius 2 is 1.94 bits per heavy atom. The molecule has 0 unspecified atom stereocenters. The third kappa shape index (κ3) is 2.00. The number of rotatable bonds is 2. The fourth-order valence-electron chi connectivity index (χ4n) is 1.67. The number of nitrogens with zero attached hydrogens (tertiary/aromatic N) is 2. The molecule has 3 nitrogen and oxygen atoms in total. The maximum atomic E-state index is 13.7. The lowest BCUT2D eigenvalue weighted by molar-refractivity contribution is 0.575. The van der Waals surface area contributed by atoms with E-state index in [0.717, 1.165) is 6.07 Å². The van der Waals surface area contributed by atoms with Crippen molar-refractivity contribution >= 4 is 5.82 Å². The molecule has 0 atom stereocenters. The van der Waals surface area contributed by atoms with Crippen LogP contribution in [0.2, 0.25) is 0 Å². The second-order valence-electron chi connectivity index (χ2n) is 3.86. The lowest BCUT2D eigenvalue weighted by atomic mass is 10.1. The van der Waals surface area contributed by atoms with E-state index in [4.69, 9.17) is 5.73 Å². The first kappa shape index (κ1) is 11.6. The topological polar surface area (TPSA) is 43.8 Å². The van der Waals surface area contributed by atoms with E-state index in [2.05, 4.69) is 5.10 Å². The molecule has 5 heteroatoms. The number of nitrogen functional groups attached to an aromatic ring is 1. The van der Waals surface area contributed by atoms with Crippen molar-refractivity contribution in [2.75, 3.05) is 5.73 Å². The van der Waals surface area contributed by atoms with Crippen LogP contribution in [0.3, 0.4) is 0 Å². The van der Waals surface area contributed by atoms with Gasteiger partial charge in [-0.1, -0.05) is 6.92 Å². The number of aromatic nitrogens is 2. The summed E-state index contributed by atoms with van der Waals surface area (Å²) in [5.74, 6) is -0.725. The molecule has 0 radical (unpaired) electrons. The van der Waals surface area contributed by atoms with Crippen molar-refractivity contribution in [1.82, 2.24) is 9.78 Å². The van der Waals surface area contributed by atoms with Gasteiger partial charge >= 0.3 is 0 Å². The second-order valence-corrected chi connectivity index (χ2v) is 3.86. The van der Waals surface area contributed by atoms with Gasteiger partial charge in [0.25, 0.3) is 0 Å². The van der Waals surface area contributed by atoms with Gasteiger partial charge in [-0.2, -0.15) is 5.10 Å². The van der Waals surface area contributed by atoms with Crippen molar-refractivity contribution in [2.45, 2.75) is 13.3 Å². The minimum Gasteiger partial charge on any atom is -0.384 e. The standard InChI is InChI=1S/C12H13F2N3/c1-3-7-4-8(10(14)5-9(7)13)11-6-12(15)17(2)16-11/h4-6H,3,15H2,1-2H3. The molecule has 0 bridgehead atoms. The number of aryl methyl sites for hydroxylation is 2. The Bertz CT molecular complexity index is 542. The van der Waals surface area contributed by atoms with Crippen LogP contribution in [0.25, 0.3) is 11.3 Å². The Kier molecular flexibility index (Phi) is 2.83. The third-order valence-electron chi connectivity index (χ3n) is 2.71. The van der Waals surface area contributed by atoms with E-state index in [1.165, 1.54) is 10.7 Å². The summed E-state index contributed by atoms with van der Waals surface area (Å²) in [5.41, 5.74) is 6.78. The second kappa shape index (κ2) is 4.16. The summed E-state index contributed by atoms with van der Waals surface area (Å²) in [7, 11) is 1.67. The van der Waals surface area contributed by atoms with E-state index < -0.39 is 11.6 Å². The Morgan fingerprint density at radius 1 is 1.24 bits per heavy atom. The molecule has 90 valence electrons. The first-order chi connectivity index (χ1) is 8.02. The van der Waals surface area contributed by atoms with Gasteiger partial charge in [-0.3, -0.25) is 4.68 Å². The van der Waals surface area contributed by atoms with Crippen LogP contribution in [-0.2, 0) is 13.5 Å². The predicted octanol–water partition coefficient (Wildman–Crippen LogP) is 2.51. The number of benzene rings is 1. The van der Waals surface area contributed by atoms with Crippen LogP contribution in [0.15, 0.2) is 18.2 Å². The van der Waals surface area contributed by atoms with Crippen LogP contribution >= 0.6 is 0 Å². The van der Waals surface area contributed by atoms with Gasteiger partial charge in [0.2, 0.25) is 0 Å². The fraction of sp³-hybridized carbons (Fsp3) is 0.250. The number of anilines is 1. The van der Waals surface area contributed by atoms with Crippen LogP contribution in [0.1, 0.15) is 12.5 Å². The fourth-order valence-corrected chi connectivity index (χ4v) is 1.67. The predicted molar refractivity (Wildman–Crippen MR) is 62.4 cm³/mol. The zero-order valence-electron chi connectivity index (χ0n) is 9.67. The molecule has 0 amide bonds. The van der Waals surface area contributed by atoms with Crippen molar-refractivity contribution < 1.29 is 8.78 Å². The third-order valence-corrected chi connectivity index (χ3v) is 2.71. The van der Waals surface area contributed by atoms with Gasteiger partial charge < -0.3 is 5.73 Å². The highest BCUT2D eigenvalue weighted by molar-refractivity contribution is 5.64. The Hall–Kier alpha value is -1.91. The molecule has 1 aromatic carbocycles. The molecular formula is C12H13F2N3. The molecule has 0 spiro atoms. The smallest absolute Gasteiger partial charge is 0.135 e. The van der Waals surface area contributed by atoms with Gasteiger partial charge in [-0.25, -0.2) is 8.78 Å². The molecule has 0 aliphatic carbocycles. The molecule has 0 aliphatic rings. The normalized spacial score (nSPS) is 10.8. The molecule has 2 aromatic rings. The lowest BCUT2D eigenvalue weighted by Crippen LogP contribution is -1.97. The SMILES string of the molecule is CCc1cc(-c2cc(N)n(C)n2)c(F)cc1F. The van der Waals surface area contributed by atoms with Gasteiger partial charge in [0.05, 0.1) is 5.69 Å². The van der Waals surface area contributed by atoms with Crippen LogP contribution in [-0.4, -0.2) is 9.78 Å². The quantitative estimate of drug-likeness (QED) is 0.872. The average molecular weight is 237 g/mol. The summed E-state index contributed by atoms with van der Waals surface area (Å²) in [6.45, 7) is 1.81. The molecular weight excluding hydrogens is 224 g/mol. The number of nitrogens with two attached hydrogens (primary N) is 1. The Balaban J connectivity index is 2.58. The summed E-state index contributed by atoms with van der Waals surface area (Å²) in [6.07, 6.45) is 0.501. The first-order valence-corrected chi connectivity index (χ1v) is 5.30. The van der Waals surface area contributed by atoms with Gasteiger partial charge in [0, 0.05) is 24.7 Å². The molecule has 2 N–H and O–H groups in total. The van der Waals surface area contributed by atoms with Crippen LogP contribution < -0.4 is 5.73 Å². The summed E-state index contributed by atoms with van der Waals surface area (Å²) >= 11 is 0. The molecule has 0 aliphatic heterocycles. The highest BCUT2D eigenvalue weighted by Crippen LogP contribution is 2.26. The van der Waals surface area contributed by atoms with Gasteiger partial charge in [-0.05, 0) is 18.1 Å². The lowest BCUT2D eigenvalue weighted by Gasteiger charge is -2.04. The van der Waals surface area contributed by atoms with Gasteiger partial charge in [0.1, 0.15) is 17.5 Å².